The normalized spacial score (nSPS) is 20.0. The highest BCUT2D eigenvalue weighted by molar-refractivity contribution is 5.81. The Morgan fingerprint density at radius 2 is 2.42 bits per heavy atom. The molecule has 1 fully saturated rings. The lowest BCUT2D eigenvalue weighted by Crippen LogP contribution is -2.43. The molecule has 0 bridgehead atoms. The average Bonchev–Trinajstić information content (AvgIpc) is 2.35. The monoisotopic (exact) mass is 166 g/mol. The fourth-order valence-electron chi connectivity index (χ4n) is 1.61. The summed E-state index contributed by atoms with van der Waals surface area (Å²) in [6.45, 7) is 0. The van der Waals surface area contributed by atoms with Crippen molar-refractivity contribution in [3.05, 3.63) is 18.2 Å². The molecule has 0 aliphatic heterocycles. The Hall–Kier alpha value is -1.32. The van der Waals surface area contributed by atoms with Gasteiger partial charge in [-0.15, -0.1) is 0 Å². The molecule has 2 N–H and O–H groups in total. The molecule has 64 valence electrons. The Morgan fingerprint density at radius 1 is 1.67 bits per heavy atom. The van der Waals surface area contributed by atoms with Crippen molar-refractivity contribution in [3.63, 3.8) is 0 Å². The van der Waals surface area contributed by atoms with Crippen LogP contribution >= 0.6 is 0 Å². The second-order valence-corrected chi connectivity index (χ2v) is 3.18. The summed E-state index contributed by atoms with van der Waals surface area (Å²) in [6, 6.07) is 0. The largest absolute Gasteiger partial charge is 0.480 e. The molecule has 0 atom stereocenters. The van der Waals surface area contributed by atoms with Gasteiger partial charge in [0.15, 0.2) is 0 Å². The van der Waals surface area contributed by atoms with Crippen LogP contribution in [0.1, 0.15) is 25.1 Å². The summed E-state index contributed by atoms with van der Waals surface area (Å²) in [6.07, 6.45) is 5.65. The van der Waals surface area contributed by atoms with Crippen LogP contribution in [0.5, 0.6) is 0 Å². The molecular weight excluding hydrogens is 156 g/mol. The zero-order chi connectivity index (χ0) is 8.60. The molecule has 0 amide bonds. The van der Waals surface area contributed by atoms with E-state index in [0.29, 0.717) is 18.7 Å². The molecule has 12 heavy (non-hydrogen) atoms. The van der Waals surface area contributed by atoms with Crippen LogP contribution in [0.4, 0.5) is 0 Å². The zero-order valence-electron chi connectivity index (χ0n) is 6.58. The van der Waals surface area contributed by atoms with Gasteiger partial charge in [0.05, 0.1) is 0 Å². The van der Waals surface area contributed by atoms with Gasteiger partial charge in [0, 0.05) is 12.4 Å². The van der Waals surface area contributed by atoms with Crippen molar-refractivity contribution in [1.29, 1.82) is 0 Å². The molecule has 0 spiro atoms. The topological polar surface area (TPSA) is 66.0 Å². The van der Waals surface area contributed by atoms with Gasteiger partial charge in [0.1, 0.15) is 11.2 Å². The molecule has 4 heteroatoms. The predicted octanol–water partition coefficient (Wildman–Crippen LogP) is 0.916. The van der Waals surface area contributed by atoms with Crippen molar-refractivity contribution < 1.29 is 9.90 Å². The number of hydrogen-bond donors (Lipinski definition) is 2. The zero-order valence-corrected chi connectivity index (χ0v) is 6.58. The van der Waals surface area contributed by atoms with Crippen LogP contribution in [-0.4, -0.2) is 21.0 Å². The van der Waals surface area contributed by atoms with Gasteiger partial charge in [-0.3, -0.25) is 4.79 Å². The Balaban J connectivity index is 2.35. The maximum atomic E-state index is 10.9. The quantitative estimate of drug-likeness (QED) is 0.686. The highest BCUT2D eigenvalue weighted by Gasteiger charge is 2.48. The molecule has 4 nitrogen and oxygen atoms in total. The van der Waals surface area contributed by atoms with Gasteiger partial charge in [0.2, 0.25) is 0 Å². The third-order valence-corrected chi connectivity index (χ3v) is 2.57. The maximum Gasteiger partial charge on any atom is 0.317 e. The lowest BCUT2D eigenvalue weighted by molar-refractivity contribution is -0.147. The van der Waals surface area contributed by atoms with Crippen LogP contribution in [0.2, 0.25) is 0 Å². The molecule has 1 aliphatic rings. The Labute approximate surface area is 69.6 Å². The summed E-state index contributed by atoms with van der Waals surface area (Å²) in [7, 11) is 0. The average molecular weight is 166 g/mol. The minimum atomic E-state index is -0.760. The first-order chi connectivity index (χ1) is 5.76. The lowest BCUT2D eigenvalue weighted by atomic mass is 9.68. The van der Waals surface area contributed by atoms with E-state index in [1.54, 1.807) is 12.4 Å². The number of imidazole rings is 1. The maximum absolute atomic E-state index is 10.9. The Morgan fingerprint density at radius 3 is 2.75 bits per heavy atom. The van der Waals surface area contributed by atoms with Gasteiger partial charge in [-0.05, 0) is 12.8 Å². The van der Waals surface area contributed by atoms with E-state index in [2.05, 4.69) is 9.97 Å². The smallest absolute Gasteiger partial charge is 0.317 e. The summed E-state index contributed by atoms with van der Waals surface area (Å²) in [5.74, 6) is -0.162. The fourth-order valence-corrected chi connectivity index (χ4v) is 1.61. The second-order valence-electron chi connectivity index (χ2n) is 3.18. The molecule has 1 heterocycles. The number of H-pyrrole nitrogens is 1. The summed E-state index contributed by atoms with van der Waals surface area (Å²) in [5.41, 5.74) is -0.705. The molecule has 1 saturated carbocycles. The van der Waals surface area contributed by atoms with E-state index < -0.39 is 11.4 Å². The highest BCUT2D eigenvalue weighted by Crippen LogP contribution is 2.42. The molecule has 1 aromatic rings. The molecule has 1 aromatic heterocycles. The fraction of sp³-hybridized carbons (Fsp3) is 0.500. The van der Waals surface area contributed by atoms with Gasteiger partial charge in [0.25, 0.3) is 0 Å². The number of nitrogens with zero attached hydrogens (tertiary/aromatic N) is 1. The van der Waals surface area contributed by atoms with E-state index >= 15 is 0 Å². The van der Waals surface area contributed by atoms with Gasteiger partial charge in [-0.1, -0.05) is 6.42 Å². The number of carboxylic acids is 1. The third kappa shape index (κ3) is 0.776. The first-order valence-electron chi connectivity index (χ1n) is 3.99. The summed E-state index contributed by atoms with van der Waals surface area (Å²) in [5, 5.41) is 9.00. The number of aromatic amines is 1. The number of hydrogen-bond acceptors (Lipinski definition) is 2. The standard InChI is InChI=1S/C8H10N2O2/c11-7(12)8(2-1-3-8)6-9-4-5-10-6/h4-5H,1-3H2,(H,9,10)(H,11,12). The van der Waals surface area contributed by atoms with Crippen molar-refractivity contribution in [1.82, 2.24) is 9.97 Å². The molecule has 2 rings (SSSR count). The number of rotatable bonds is 2. The third-order valence-electron chi connectivity index (χ3n) is 2.57. The number of aromatic nitrogens is 2. The molecule has 0 unspecified atom stereocenters. The number of nitrogens with one attached hydrogen (secondary N) is 1. The second kappa shape index (κ2) is 2.33. The minimum Gasteiger partial charge on any atom is -0.480 e. The van der Waals surface area contributed by atoms with Gasteiger partial charge >= 0.3 is 5.97 Å². The van der Waals surface area contributed by atoms with Crippen LogP contribution in [0.25, 0.3) is 0 Å². The predicted molar refractivity (Wildman–Crippen MR) is 41.8 cm³/mol. The summed E-state index contributed by atoms with van der Waals surface area (Å²) >= 11 is 0. The molecule has 0 saturated heterocycles. The SMILES string of the molecule is O=C(O)C1(c2ncc[nH]2)CCC1. The highest BCUT2D eigenvalue weighted by atomic mass is 16.4. The number of aliphatic carboxylic acids is 1. The van der Waals surface area contributed by atoms with Crippen molar-refractivity contribution in [2.24, 2.45) is 0 Å². The van der Waals surface area contributed by atoms with Crippen molar-refractivity contribution in [3.8, 4) is 0 Å². The first kappa shape index (κ1) is 7.34. The molecule has 0 radical (unpaired) electrons. The van der Waals surface area contributed by atoms with E-state index in [1.807, 2.05) is 0 Å². The minimum absolute atomic E-state index is 0.598. The molecule has 0 aromatic carbocycles. The van der Waals surface area contributed by atoms with Crippen molar-refractivity contribution in [2.45, 2.75) is 24.7 Å². The lowest BCUT2D eigenvalue weighted by Gasteiger charge is -2.35. The van der Waals surface area contributed by atoms with Gasteiger partial charge < -0.3 is 10.1 Å². The summed E-state index contributed by atoms with van der Waals surface area (Å²) in [4.78, 5) is 17.8. The van der Waals surface area contributed by atoms with E-state index in [1.165, 1.54) is 0 Å². The van der Waals surface area contributed by atoms with Crippen LogP contribution in [0.15, 0.2) is 12.4 Å². The van der Waals surface area contributed by atoms with Gasteiger partial charge in [-0.2, -0.15) is 0 Å². The number of carbonyl (C=O) groups is 1. The van der Waals surface area contributed by atoms with Gasteiger partial charge in [-0.25, -0.2) is 4.98 Å². The van der Waals surface area contributed by atoms with E-state index in [0.717, 1.165) is 6.42 Å². The van der Waals surface area contributed by atoms with Crippen molar-refractivity contribution >= 4 is 5.97 Å². The van der Waals surface area contributed by atoms with E-state index in [9.17, 15) is 4.79 Å². The van der Waals surface area contributed by atoms with Crippen LogP contribution in [0, 0.1) is 0 Å². The van der Waals surface area contributed by atoms with E-state index in [4.69, 9.17) is 5.11 Å². The van der Waals surface area contributed by atoms with Crippen molar-refractivity contribution in [2.75, 3.05) is 0 Å². The number of carboxylic acid groups (broad SMARTS) is 1. The molecule has 1 aliphatic carbocycles. The summed E-state index contributed by atoms with van der Waals surface area (Å²) < 4.78 is 0. The van der Waals surface area contributed by atoms with Crippen LogP contribution in [-0.2, 0) is 10.2 Å². The Kier molecular flexibility index (Phi) is 1.43. The first-order valence-corrected chi connectivity index (χ1v) is 3.99. The molecular formula is C8H10N2O2. The van der Waals surface area contributed by atoms with E-state index in [-0.39, 0.29) is 0 Å². The Bertz CT molecular complexity index is 288. The van der Waals surface area contributed by atoms with Crippen LogP contribution in [0.3, 0.4) is 0 Å². The van der Waals surface area contributed by atoms with Crippen LogP contribution < -0.4 is 0 Å².